The maximum atomic E-state index is 5.90. The van der Waals surface area contributed by atoms with Crippen LogP contribution in [0.2, 0.25) is 0 Å². The number of nitrogen functional groups attached to an aromatic ring is 1. The number of nitrogens with zero attached hydrogens (tertiary/aromatic N) is 2. The van der Waals surface area contributed by atoms with Gasteiger partial charge in [-0.15, -0.1) is 22.0 Å². The number of thioether (sulfide) groups is 1. The Hall–Kier alpha value is -1.49. The predicted octanol–water partition coefficient (Wildman–Crippen LogP) is 2.56. The van der Waals surface area contributed by atoms with Gasteiger partial charge in [-0.3, -0.25) is 0 Å². The van der Waals surface area contributed by atoms with Crippen LogP contribution >= 0.6 is 11.8 Å². The number of aromatic nitrogens is 2. The lowest BCUT2D eigenvalue weighted by Crippen LogP contribution is -1.90. The number of benzene rings is 1. The van der Waals surface area contributed by atoms with E-state index in [4.69, 9.17) is 10.2 Å². The van der Waals surface area contributed by atoms with E-state index in [0.29, 0.717) is 17.5 Å². The summed E-state index contributed by atoms with van der Waals surface area (Å²) in [5.74, 6) is 1.86. The summed E-state index contributed by atoms with van der Waals surface area (Å²) in [7, 11) is 0. The van der Waals surface area contributed by atoms with Gasteiger partial charge in [0.15, 0.2) is 0 Å². The molecule has 0 radical (unpaired) electrons. The highest BCUT2D eigenvalue weighted by Gasteiger charge is 2.05. The van der Waals surface area contributed by atoms with Crippen molar-refractivity contribution in [2.45, 2.75) is 24.5 Å². The molecule has 1 heterocycles. The minimum atomic E-state index is 0.590. The van der Waals surface area contributed by atoms with Crippen LogP contribution in [0.3, 0.4) is 0 Å². The molecule has 0 saturated heterocycles. The predicted molar refractivity (Wildman–Crippen MR) is 64.2 cm³/mol. The van der Waals surface area contributed by atoms with Crippen molar-refractivity contribution in [2.24, 2.45) is 0 Å². The molecule has 2 N–H and O–H groups in total. The first kappa shape index (κ1) is 11.0. The van der Waals surface area contributed by atoms with Crippen LogP contribution in [0.5, 0.6) is 0 Å². The molecule has 0 unspecified atom stereocenters. The van der Waals surface area contributed by atoms with E-state index >= 15 is 0 Å². The molecule has 4 nitrogen and oxygen atoms in total. The maximum absolute atomic E-state index is 5.90. The van der Waals surface area contributed by atoms with Crippen molar-refractivity contribution in [3.05, 3.63) is 35.5 Å². The van der Waals surface area contributed by atoms with Gasteiger partial charge in [-0.25, -0.2) is 0 Å². The van der Waals surface area contributed by atoms with E-state index in [1.54, 1.807) is 18.7 Å². The summed E-state index contributed by atoms with van der Waals surface area (Å²) in [5, 5.41) is 7.70. The van der Waals surface area contributed by atoms with Gasteiger partial charge in [0, 0.05) is 17.5 Å². The zero-order chi connectivity index (χ0) is 11.5. The third-order valence-corrected chi connectivity index (χ3v) is 3.16. The molecule has 0 aliphatic rings. The van der Waals surface area contributed by atoms with Gasteiger partial charge in [-0.05, 0) is 24.6 Å². The third-order valence-electron chi connectivity index (χ3n) is 2.08. The van der Waals surface area contributed by atoms with Crippen molar-refractivity contribution in [1.29, 1.82) is 0 Å². The largest absolute Gasteiger partial charge is 0.425 e. The van der Waals surface area contributed by atoms with Crippen LogP contribution in [0.1, 0.15) is 17.3 Å². The fourth-order valence-electron chi connectivity index (χ4n) is 1.33. The van der Waals surface area contributed by atoms with E-state index in [2.05, 4.69) is 10.2 Å². The Labute approximate surface area is 98.2 Å². The molecule has 0 bridgehead atoms. The summed E-state index contributed by atoms with van der Waals surface area (Å²) >= 11 is 1.60. The highest BCUT2D eigenvalue weighted by atomic mass is 32.2. The first-order valence-corrected chi connectivity index (χ1v) is 5.91. The zero-order valence-corrected chi connectivity index (χ0v) is 10.0. The Morgan fingerprint density at radius 2 is 2.12 bits per heavy atom. The molecule has 2 rings (SSSR count). The quantitative estimate of drug-likeness (QED) is 0.654. The van der Waals surface area contributed by atoms with Crippen LogP contribution in [-0.4, -0.2) is 10.2 Å². The highest BCUT2D eigenvalue weighted by Crippen LogP contribution is 2.28. The van der Waals surface area contributed by atoms with Crippen molar-refractivity contribution in [3.63, 3.8) is 0 Å². The molecule has 1 aromatic carbocycles. The SMILES string of the molecule is Cc1ccc(SCc2nnc(C)o2)c(N)c1. The molecule has 0 amide bonds. The monoisotopic (exact) mass is 235 g/mol. The van der Waals surface area contributed by atoms with Gasteiger partial charge in [-0.1, -0.05) is 6.07 Å². The van der Waals surface area contributed by atoms with Gasteiger partial charge < -0.3 is 10.2 Å². The summed E-state index contributed by atoms with van der Waals surface area (Å²) in [5.41, 5.74) is 7.86. The molecule has 0 atom stereocenters. The van der Waals surface area contributed by atoms with Gasteiger partial charge >= 0.3 is 0 Å². The molecule has 1 aromatic heterocycles. The lowest BCUT2D eigenvalue weighted by molar-refractivity contribution is 0.485. The van der Waals surface area contributed by atoms with Crippen molar-refractivity contribution in [3.8, 4) is 0 Å². The Morgan fingerprint density at radius 3 is 2.75 bits per heavy atom. The number of hydrogen-bond acceptors (Lipinski definition) is 5. The molecule has 0 aliphatic heterocycles. The summed E-state index contributed by atoms with van der Waals surface area (Å²) in [4.78, 5) is 1.04. The fourth-order valence-corrected chi connectivity index (χ4v) is 2.12. The van der Waals surface area contributed by atoms with Crippen LogP contribution in [0.4, 0.5) is 5.69 Å². The molecule has 0 saturated carbocycles. The first-order valence-electron chi connectivity index (χ1n) is 4.93. The topological polar surface area (TPSA) is 64.9 Å². The van der Waals surface area contributed by atoms with Crippen molar-refractivity contribution in [1.82, 2.24) is 10.2 Å². The Morgan fingerprint density at radius 1 is 1.31 bits per heavy atom. The standard InChI is InChI=1S/C11H13N3OS/c1-7-3-4-10(9(12)5-7)16-6-11-14-13-8(2)15-11/h3-5H,6,12H2,1-2H3. The van der Waals surface area contributed by atoms with E-state index in [1.807, 2.05) is 25.1 Å². The summed E-state index contributed by atoms with van der Waals surface area (Å²) in [6, 6.07) is 6.01. The fraction of sp³-hybridized carbons (Fsp3) is 0.273. The van der Waals surface area contributed by atoms with Gasteiger partial charge in [0.2, 0.25) is 11.8 Å². The Balaban J connectivity index is 2.04. The number of rotatable bonds is 3. The molecular weight excluding hydrogens is 222 g/mol. The van der Waals surface area contributed by atoms with E-state index in [0.717, 1.165) is 16.1 Å². The minimum Gasteiger partial charge on any atom is -0.425 e. The van der Waals surface area contributed by atoms with Crippen molar-refractivity contribution in [2.75, 3.05) is 5.73 Å². The van der Waals surface area contributed by atoms with E-state index < -0.39 is 0 Å². The van der Waals surface area contributed by atoms with Crippen LogP contribution in [0.15, 0.2) is 27.5 Å². The average molecular weight is 235 g/mol. The Bertz CT molecular complexity index is 496. The second-order valence-corrected chi connectivity index (χ2v) is 4.56. The zero-order valence-electron chi connectivity index (χ0n) is 9.23. The van der Waals surface area contributed by atoms with Crippen LogP contribution < -0.4 is 5.73 Å². The third kappa shape index (κ3) is 2.55. The molecule has 0 aliphatic carbocycles. The second-order valence-electron chi connectivity index (χ2n) is 3.54. The van der Waals surface area contributed by atoms with Crippen LogP contribution in [0, 0.1) is 13.8 Å². The normalized spacial score (nSPS) is 10.6. The smallest absolute Gasteiger partial charge is 0.226 e. The number of anilines is 1. The molecule has 0 spiro atoms. The minimum absolute atomic E-state index is 0.590. The van der Waals surface area contributed by atoms with E-state index in [9.17, 15) is 0 Å². The lowest BCUT2D eigenvalue weighted by Gasteiger charge is -2.04. The number of nitrogens with two attached hydrogens (primary N) is 1. The van der Waals surface area contributed by atoms with Crippen molar-refractivity contribution >= 4 is 17.4 Å². The van der Waals surface area contributed by atoms with E-state index in [1.165, 1.54) is 0 Å². The first-order chi connectivity index (χ1) is 7.65. The molecule has 5 heteroatoms. The molecular formula is C11H13N3OS. The second kappa shape index (κ2) is 4.57. The average Bonchev–Trinajstić information content (AvgIpc) is 2.63. The Kier molecular flexibility index (Phi) is 3.14. The highest BCUT2D eigenvalue weighted by molar-refractivity contribution is 7.98. The van der Waals surface area contributed by atoms with Crippen molar-refractivity contribution < 1.29 is 4.42 Å². The van der Waals surface area contributed by atoms with Crippen LogP contribution in [0.25, 0.3) is 0 Å². The number of hydrogen-bond donors (Lipinski definition) is 1. The summed E-state index contributed by atoms with van der Waals surface area (Å²) in [6.07, 6.45) is 0. The molecule has 0 fully saturated rings. The lowest BCUT2D eigenvalue weighted by atomic mass is 10.2. The molecule has 16 heavy (non-hydrogen) atoms. The van der Waals surface area contributed by atoms with Crippen LogP contribution in [-0.2, 0) is 5.75 Å². The van der Waals surface area contributed by atoms with Gasteiger partial charge in [0.25, 0.3) is 0 Å². The number of aryl methyl sites for hydroxylation is 2. The summed E-state index contributed by atoms with van der Waals surface area (Å²) < 4.78 is 5.28. The summed E-state index contributed by atoms with van der Waals surface area (Å²) in [6.45, 7) is 3.80. The van der Waals surface area contributed by atoms with Gasteiger partial charge in [0.05, 0.1) is 5.75 Å². The maximum Gasteiger partial charge on any atom is 0.226 e. The van der Waals surface area contributed by atoms with Gasteiger partial charge in [0.1, 0.15) is 0 Å². The molecule has 84 valence electrons. The van der Waals surface area contributed by atoms with Gasteiger partial charge in [-0.2, -0.15) is 0 Å². The van der Waals surface area contributed by atoms with E-state index in [-0.39, 0.29) is 0 Å². The molecule has 2 aromatic rings.